The van der Waals surface area contributed by atoms with Gasteiger partial charge in [-0.05, 0) is 62.8 Å². The number of likely N-dealkylation sites (tertiary alicyclic amines) is 1. The van der Waals surface area contributed by atoms with Crippen LogP contribution in [0.1, 0.15) is 47.9 Å². The van der Waals surface area contributed by atoms with E-state index in [2.05, 4.69) is 36.6 Å². The molecular formula is C30H36N2O4. The van der Waals surface area contributed by atoms with E-state index in [9.17, 15) is 15.0 Å². The van der Waals surface area contributed by atoms with Crippen molar-refractivity contribution in [2.75, 3.05) is 20.1 Å². The lowest BCUT2D eigenvalue weighted by Gasteiger charge is -2.64. The first-order valence-corrected chi connectivity index (χ1v) is 13.2. The molecule has 0 aromatic heterocycles. The fourth-order valence-corrected chi connectivity index (χ4v) is 7.87. The van der Waals surface area contributed by atoms with Gasteiger partial charge < -0.3 is 19.8 Å². The summed E-state index contributed by atoms with van der Waals surface area (Å²) in [6, 6.07) is 11.8. The molecule has 6 heteroatoms. The maximum atomic E-state index is 13.4. The predicted octanol–water partition coefficient (Wildman–Crippen LogP) is 3.50. The van der Waals surface area contributed by atoms with E-state index in [1.54, 1.807) is 6.07 Å². The molecule has 4 aliphatic rings. The van der Waals surface area contributed by atoms with E-state index in [4.69, 9.17) is 4.74 Å². The number of hydrogen-bond donors (Lipinski definition) is 2. The van der Waals surface area contributed by atoms with Gasteiger partial charge in [-0.25, -0.2) is 0 Å². The van der Waals surface area contributed by atoms with Gasteiger partial charge >= 0.3 is 0 Å². The Morgan fingerprint density at radius 2 is 2.14 bits per heavy atom. The number of hydrogen-bond acceptors (Lipinski definition) is 5. The third-order valence-corrected chi connectivity index (χ3v) is 9.51. The van der Waals surface area contributed by atoms with Crippen LogP contribution < -0.4 is 4.74 Å². The highest BCUT2D eigenvalue weighted by molar-refractivity contribution is 5.77. The molecule has 1 saturated carbocycles. The summed E-state index contributed by atoms with van der Waals surface area (Å²) in [5.74, 6) is 0.724. The van der Waals surface area contributed by atoms with Crippen molar-refractivity contribution in [2.45, 2.75) is 74.7 Å². The molecule has 2 unspecified atom stereocenters. The Labute approximate surface area is 213 Å². The first kappa shape index (κ1) is 23.6. The van der Waals surface area contributed by atoms with Gasteiger partial charge in [0.15, 0.2) is 11.5 Å². The molecule has 6 rings (SSSR count). The number of benzene rings is 2. The quantitative estimate of drug-likeness (QED) is 0.609. The molecule has 1 amide bonds. The van der Waals surface area contributed by atoms with Gasteiger partial charge in [0.25, 0.3) is 0 Å². The molecule has 190 valence electrons. The highest BCUT2D eigenvalue weighted by Gasteiger charge is 2.73. The Morgan fingerprint density at radius 1 is 1.31 bits per heavy atom. The molecule has 2 aliphatic heterocycles. The zero-order valence-electron chi connectivity index (χ0n) is 21.2. The van der Waals surface area contributed by atoms with Crippen LogP contribution >= 0.6 is 0 Å². The molecule has 2 aromatic rings. The van der Waals surface area contributed by atoms with Crippen molar-refractivity contribution >= 4 is 5.91 Å². The zero-order valence-corrected chi connectivity index (χ0v) is 21.2. The number of carbonyl (C=O) groups is 1. The molecule has 2 N–H and O–H groups in total. The van der Waals surface area contributed by atoms with Crippen LogP contribution in [0.2, 0.25) is 0 Å². The number of likely N-dealkylation sites (N-methyl/N-ethyl adjacent to an activating group) is 1. The Bertz CT molecular complexity index is 1230. The normalized spacial score (nSPS) is 31.9. The number of rotatable bonds is 6. The van der Waals surface area contributed by atoms with E-state index < -0.39 is 11.0 Å². The number of ether oxygens (including phenoxy) is 1. The molecule has 5 atom stereocenters. The summed E-state index contributed by atoms with van der Waals surface area (Å²) in [6.07, 6.45) is 5.36. The molecule has 1 saturated heterocycles. The van der Waals surface area contributed by atoms with Crippen molar-refractivity contribution in [2.24, 2.45) is 0 Å². The third-order valence-electron chi connectivity index (χ3n) is 9.51. The van der Waals surface area contributed by atoms with Crippen molar-refractivity contribution in [3.05, 3.63) is 71.3 Å². The highest BCUT2D eigenvalue weighted by atomic mass is 16.5. The number of aromatic hydroxyl groups is 1. The van der Waals surface area contributed by atoms with Crippen molar-refractivity contribution in [3.8, 4) is 11.5 Å². The van der Waals surface area contributed by atoms with Crippen LogP contribution in [-0.4, -0.2) is 69.8 Å². The van der Waals surface area contributed by atoms with E-state index >= 15 is 0 Å². The standard InChI is InChI=1S/C30H36N2O4/c1-4-15-32-16-14-29-26-21-9-10-23(33)27(26)36-28(29)22(12-13-30(29,35)24(32)18-21)31(3)25(34)11-8-20-7-5-6-19(2)17-20/h4-7,9-10,17,22,24,28,33,35H,1,8,11-16,18H2,2-3H3/t22?,24-,28?,29+,30-/m1/s1. The average Bonchev–Trinajstić information content (AvgIpc) is 3.21. The molecule has 2 aliphatic carbocycles. The minimum absolute atomic E-state index is 0.0402. The van der Waals surface area contributed by atoms with Gasteiger partial charge in [0.2, 0.25) is 5.91 Å². The van der Waals surface area contributed by atoms with Gasteiger partial charge in [-0.15, -0.1) is 6.58 Å². The van der Waals surface area contributed by atoms with Crippen molar-refractivity contribution in [1.82, 2.24) is 9.80 Å². The van der Waals surface area contributed by atoms with Crippen LogP contribution in [0.4, 0.5) is 0 Å². The van der Waals surface area contributed by atoms with Crippen LogP contribution in [0.25, 0.3) is 0 Å². The number of aryl methyl sites for hydroxylation is 2. The van der Waals surface area contributed by atoms with Gasteiger partial charge in [0, 0.05) is 31.6 Å². The maximum Gasteiger partial charge on any atom is 0.223 e. The van der Waals surface area contributed by atoms with Crippen LogP contribution in [-0.2, 0) is 23.1 Å². The lowest BCUT2D eigenvalue weighted by Crippen LogP contribution is -2.78. The fourth-order valence-electron chi connectivity index (χ4n) is 7.87. The smallest absolute Gasteiger partial charge is 0.223 e. The van der Waals surface area contributed by atoms with Crippen LogP contribution in [0, 0.1) is 6.92 Å². The number of piperidine rings is 1. The second-order valence-corrected chi connectivity index (χ2v) is 11.2. The molecule has 6 nitrogen and oxygen atoms in total. The van der Waals surface area contributed by atoms with Gasteiger partial charge in [-0.3, -0.25) is 9.69 Å². The van der Waals surface area contributed by atoms with E-state index in [1.165, 1.54) is 5.56 Å². The van der Waals surface area contributed by atoms with Gasteiger partial charge in [0.1, 0.15) is 6.10 Å². The van der Waals surface area contributed by atoms with E-state index in [1.807, 2.05) is 30.2 Å². The number of phenols is 1. The van der Waals surface area contributed by atoms with Gasteiger partial charge in [-0.2, -0.15) is 0 Å². The molecule has 2 fully saturated rings. The van der Waals surface area contributed by atoms with Gasteiger partial charge in [0.05, 0.1) is 17.1 Å². The molecule has 1 spiro atoms. The Balaban J connectivity index is 1.34. The van der Waals surface area contributed by atoms with Crippen molar-refractivity contribution in [1.29, 1.82) is 0 Å². The molecule has 2 bridgehead atoms. The predicted molar refractivity (Wildman–Crippen MR) is 138 cm³/mol. The Kier molecular flexibility index (Phi) is 5.47. The minimum atomic E-state index is -0.979. The lowest BCUT2D eigenvalue weighted by atomic mass is 9.48. The highest BCUT2D eigenvalue weighted by Crippen LogP contribution is 2.65. The summed E-state index contributed by atoms with van der Waals surface area (Å²) < 4.78 is 6.59. The molecular weight excluding hydrogens is 452 g/mol. The van der Waals surface area contributed by atoms with E-state index in [-0.39, 0.29) is 29.8 Å². The summed E-state index contributed by atoms with van der Waals surface area (Å²) in [5, 5.41) is 23.3. The van der Waals surface area contributed by atoms with Crippen molar-refractivity contribution < 1.29 is 19.7 Å². The summed E-state index contributed by atoms with van der Waals surface area (Å²) in [6.45, 7) is 7.56. The summed E-state index contributed by atoms with van der Waals surface area (Å²) >= 11 is 0. The topological polar surface area (TPSA) is 73.2 Å². The zero-order chi connectivity index (χ0) is 25.2. The number of carbonyl (C=O) groups excluding carboxylic acids is 1. The number of phenolic OH excluding ortho intramolecular Hbond substituents is 1. The van der Waals surface area contributed by atoms with E-state index in [0.29, 0.717) is 31.4 Å². The second-order valence-electron chi connectivity index (χ2n) is 11.2. The molecule has 2 heterocycles. The Hall–Kier alpha value is -2.83. The molecule has 0 radical (unpaired) electrons. The monoisotopic (exact) mass is 488 g/mol. The lowest BCUT2D eigenvalue weighted by molar-refractivity contribution is -0.198. The molecule has 36 heavy (non-hydrogen) atoms. The summed E-state index contributed by atoms with van der Waals surface area (Å²) in [7, 11) is 1.88. The third kappa shape index (κ3) is 3.13. The first-order valence-electron chi connectivity index (χ1n) is 13.2. The first-order chi connectivity index (χ1) is 17.3. The number of aliphatic hydroxyl groups is 1. The fraction of sp³-hybridized carbons (Fsp3) is 0.500. The summed E-state index contributed by atoms with van der Waals surface area (Å²) in [5.41, 5.74) is 2.87. The Morgan fingerprint density at radius 3 is 2.92 bits per heavy atom. The number of amides is 1. The maximum absolute atomic E-state index is 13.4. The largest absolute Gasteiger partial charge is 0.504 e. The molecule has 2 aromatic carbocycles. The van der Waals surface area contributed by atoms with Crippen LogP contribution in [0.15, 0.2) is 49.1 Å². The van der Waals surface area contributed by atoms with Crippen LogP contribution in [0.5, 0.6) is 11.5 Å². The van der Waals surface area contributed by atoms with E-state index in [0.717, 1.165) is 42.6 Å². The van der Waals surface area contributed by atoms with Crippen molar-refractivity contribution in [3.63, 3.8) is 0 Å². The minimum Gasteiger partial charge on any atom is -0.504 e. The number of nitrogens with zero attached hydrogens (tertiary/aromatic N) is 2. The second kappa shape index (κ2) is 8.35. The van der Waals surface area contributed by atoms with Gasteiger partial charge in [-0.1, -0.05) is 42.0 Å². The SMILES string of the molecule is C=CCN1CC[C@]23c4c5ccc(O)c4OC2C(N(C)C(=O)CCc2cccc(C)c2)CC[C@@]3(O)[C@H]1C5. The van der Waals surface area contributed by atoms with Crippen LogP contribution in [0.3, 0.4) is 0 Å². The average molecular weight is 489 g/mol. The summed E-state index contributed by atoms with van der Waals surface area (Å²) in [4.78, 5) is 17.6.